The molecule has 1 saturated heterocycles. The molecule has 0 aromatic rings. The Bertz CT molecular complexity index is 120. The number of rotatable bonds is 1. The summed E-state index contributed by atoms with van der Waals surface area (Å²) in [5.41, 5.74) is 0. The Balaban J connectivity index is 2.53. The maximum atomic E-state index is 12.2. The summed E-state index contributed by atoms with van der Waals surface area (Å²) in [7, 11) is 0. The van der Waals surface area contributed by atoms with E-state index < -0.39 is 31.3 Å². The number of aliphatic hydroxyl groups is 3. The fraction of sp³-hybridized carbons (Fsp3) is 0.800. The van der Waals surface area contributed by atoms with Gasteiger partial charge in [-0.05, 0) is 0 Å². The van der Waals surface area contributed by atoms with Crippen LogP contribution in [0.25, 0.3) is 0 Å². The number of ether oxygens (including phenoxy) is 1. The molecule has 3 N–H and O–H groups in total. The molecule has 3 atom stereocenters. The summed E-state index contributed by atoms with van der Waals surface area (Å²) in [4.78, 5) is 0. The highest BCUT2D eigenvalue weighted by Crippen LogP contribution is 2.27. The first kappa shape index (κ1) is 7.87. The molecule has 1 heterocycles. The quantitative estimate of drug-likeness (QED) is 0.429. The van der Waals surface area contributed by atoms with Gasteiger partial charge in [0, 0.05) is 0 Å². The molecule has 0 bridgehead atoms. The lowest BCUT2D eigenvalue weighted by atomic mass is 10.1. The molecule has 0 amide bonds. The van der Waals surface area contributed by atoms with Gasteiger partial charge in [-0.2, -0.15) is 0 Å². The van der Waals surface area contributed by atoms with E-state index in [1.807, 2.05) is 0 Å². The number of hydrogen-bond donors (Lipinski definition) is 3. The van der Waals surface area contributed by atoms with Crippen molar-refractivity contribution in [1.82, 2.24) is 0 Å². The van der Waals surface area contributed by atoms with Crippen LogP contribution in [0.1, 0.15) is 0 Å². The Hall–Kier alpha value is -0.230. The third kappa shape index (κ3) is 1.13. The SMILES string of the molecule is OC[C@H]1O[C](F)[C@@H](O)[C@@H]1O. The predicted molar refractivity (Wildman–Crippen MR) is 28.3 cm³/mol. The van der Waals surface area contributed by atoms with Gasteiger partial charge in [-0.25, -0.2) is 4.39 Å². The topological polar surface area (TPSA) is 69.9 Å². The van der Waals surface area contributed by atoms with E-state index in [2.05, 4.69) is 4.74 Å². The molecule has 0 unspecified atom stereocenters. The fourth-order valence-corrected chi connectivity index (χ4v) is 0.767. The van der Waals surface area contributed by atoms with Gasteiger partial charge >= 0.3 is 6.36 Å². The van der Waals surface area contributed by atoms with Crippen molar-refractivity contribution in [1.29, 1.82) is 0 Å². The van der Waals surface area contributed by atoms with Crippen molar-refractivity contribution in [2.24, 2.45) is 0 Å². The van der Waals surface area contributed by atoms with Crippen molar-refractivity contribution in [2.75, 3.05) is 6.61 Å². The standard InChI is InChI=1S/C5H8FO4/c6-5-4(9)3(8)2(1-7)10-5/h2-4,7-9H,1H2/t2-,3-,4+/m1/s1. The average Bonchev–Trinajstić information content (AvgIpc) is 2.17. The van der Waals surface area contributed by atoms with Crippen molar-refractivity contribution in [3.05, 3.63) is 6.36 Å². The highest BCUT2D eigenvalue weighted by Gasteiger charge is 2.44. The molecule has 1 aliphatic rings. The fourth-order valence-electron chi connectivity index (χ4n) is 0.767. The summed E-state index contributed by atoms with van der Waals surface area (Å²) >= 11 is 0. The summed E-state index contributed by atoms with van der Waals surface area (Å²) in [6, 6.07) is 0. The molecule has 1 fully saturated rings. The zero-order chi connectivity index (χ0) is 7.72. The van der Waals surface area contributed by atoms with E-state index in [4.69, 9.17) is 15.3 Å². The molecular weight excluding hydrogens is 143 g/mol. The van der Waals surface area contributed by atoms with Gasteiger partial charge in [0.1, 0.15) is 18.3 Å². The van der Waals surface area contributed by atoms with Crippen LogP contribution in [0.2, 0.25) is 0 Å². The number of hydrogen-bond acceptors (Lipinski definition) is 4. The van der Waals surface area contributed by atoms with E-state index in [1.165, 1.54) is 0 Å². The summed E-state index contributed by atoms with van der Waals surface area (Å²) < 4.78 is 16.4. The van der Waals surface area contributed by atoms with Gasteiger partial charge in [0.05, 0.1) is 6.61 Å². The maximum absolute atomic E-state index is 12.2. The lowest BCUT2D eigenvalue weighted by Crippen LogP contribution is -2.32. The second kappa shape index (κ2) is 2.79. The average molecular weight is 151 g/mol. The zero-order valence-electron chi connectivity index (χ0n) is 5.07. The number of aliphatic hydroxyl groups excluding tert-OH is 3. The van der Waals surface area contributed by atoms with E-state index in [-0.39, 0.29) is 0 Å². The minimum absolute atomic E-state index is 0.508. The smallest absolute Gasteiger partial charge is 0.300 e. The summed E-state index contributed by atoms with van der Waals surface area (Å²) in [6.07, 6.45) is -5.14. The normalized spacial score (nSPS) is 42.6. The lowest BCUT2D eigenvalue weighted by Gasteiger charge is -2.09. The largest absolute Gasteiger partial charge is 0.394 e. The van der Waals surface area contributed by atoms with E-state index in [1.54, 1.807) is 0 Å². The zero-order valence-corrected chi connectivity index (χ0v) is 5.07. The van der Waals surface area contributed by atoms with Crippen LogP contribution in [0.4, 0.5) is 4.39 Å². The molecule has 0 aliphatic carbocycles. The van der Waals surface area contributed by atoms with E-state index >= 15 is 0 Å². The highest BCUT2D eigenvalue weighted by molar-refractivity contribution is 4.94. The van der Waals surface area contributed by atoms with Crippen molar-refractivity contribution >= 4 is 0 Å². The third-order valence-electron chi connectivity index (χ3n) is 1.38. The second-order valence-electron chi connectivity index (χ2n) is 2.08. The molecule has 4 nitrogen and oxygen atoms in total. The Labute approximate surface area is 56.9 Å². The van der Waals surface area contributed by atoms with Gasteiger partial charge in [0.15, 0.2) is 0 Å². The first-order valence-corrected chi connectivity index (χ1v) is 2.83. The second-order valence-corrected chi connectivity index (χ2v) is 2.08. The van der Waals surface area contributed by atoms with Crippen molar-refractivity contribution in [2.45, 2.75) is 18.3 Å². The van der Waals surface area contributed by atoms with E-state index in [9.17, 15) is 4.39 Å². The van der Waals surface area contributed by atoms with Crippen LogP contribution in [0.3, 0.4) is 0 Å². The summed E-state index contributed by atoms with van der Waals surface area (Å²) in [5.74, 6) is 0. The monoisotopic (exact) mass is 151 g/mol. The van der Waals surface area contributed by atoms with Gasteiger partial charge < -0.3 is 20.1 Å². The Morgan fingerprint density at radius 2 is 2.10 bits per heavy atom. The molecule has 0 aromatic carbocycles. The van der Waals surface area contributed by atoms with Crippen LogP contribution in [0.15, 0.2) is 0 Å². The molecule has 0 spiro atoms. The van der Waals surface area contributed by atoms with Gasteiger partial charge in [-0.1, -0.05) is 0 Å². The lowest BCUT2D eigenvalue weighted by molar-refractivity contribution is -0.0160. The Kier molecular flexibility index (Phi) is 2.20. The first-order valence-electron chi connectivity index (χ1n) is 2.83. The van der Waals surface area contributed by atoms with Crippen molar-refractivity contribution < 1.29 is 24.4 Å². The van der Waals surface area contributed by atoms with Gasteiger partial charge in [-0.3, -0.25) is 0 Å². The summed E-state index contributed by atoms with van der Waals surface area (Å²) in [5, 5.41) is 25.9. The molecule has 1 rings (SSSR count). The van der Waals surface area contributed by atoms with Gasteiger partial charge in [0.25, 0.3) is 0 Å². The van der Waals surface area contributed by atoms with Crippen LogP contribution in [0.5, 0.6) is 0 Å². The van der Waals surface area contributed by atoms with Gasteiger partial charge in [0.2, 0.25) is 0 Å². The molecule has 1 aliphatic heterocycles. The van der Waals surface area contributed by atoms with Crippen molar-refractivity contribution in [3.63, 3.8) is 0 Å². The predicted octanol–water partition coefficient (Wildman–Crippen LogP) is -1.44. The van der Waals surface area contributed by atoms with Crippen LogP contribution >= 0.6 is 0 Å². The summed E-state index contributed by atoms with van der Waals surface area (Å²) in [6.45, 7) is -0.508. The molecule has 5 heteroatoms. The van der Waals surface area contributed by atoms with Crippen LogP contribution in [-0.2, 0) is 4.74 Å². The third-order valence-corrected chi connectivity index (χ3v) is 1.38. The molecule has 0 saturated carbocycles. The molecule has 1 radical (unpaired) electrons. The van der Waals surface area contributed by atoms with Crippen LogP contribution in [0, 0.1) is 6.36 Å². The molecule has 10 heavy (non-hydrogen) atoms. The molecule has 59 valence electrons. The molecule has 0 aromatic heterocycles. The highest BCUT2D eigenvalue weighted by atomic mass is 19.1. The first-order chi connectivity index (χ1) is 4.66. The van der Waals surface area contributed by atoms with E-state index in [0.29, 0.717) is 0 Å². The number of halogens is 1. The van der Waals surface area contributed by atoms with E-state index in [0.717, 1.165) is 0 Å². The van der Waals surface area contributed by atoms with Crippen molar-refractivity contribution in [3.8, 4) is 0 Å². The Morgan fingerprint density at radius 3 is 2.30 bits per heavy atom. The minimum Gasteiger partial charge on any atom is -0.394 e. The minimum atomic E-state index is -1.61. The molecular formula is C5H8FO4. The Morgan fingerprint density at radius 1 is 1.50 bits per heavy atom. The van der Waals surface area contributed by atoms with Gasteiger partial charge in [-0.15, -0.1) is 0 Å². The van der Waals surface area contributed by atoms with Crippen LogP contribution in [-0.4, -0.2) is 40.2 Å². The maximum Gasteiger partial charge on any atom is 0.300 e. The van der Waals surface area contributed by atoms with Crippen LogP contribution < -0.4 is 0 Å².